The van der Waals surface area contributed by atoms with Crippen molar-refractivity contribution >= 4 is 5.78 Å². The van der Waals surface area contributed by atoms with E-state index in [0.717, 1.165) is 0 Å². The Morgan fingerprint density at radius 2 is 1.79 bits per heavy atom. The Balaban J connectivity index is 2.43. The molecule has 6 heteroatoms. The molecular formula is C13H10F3NO2. The Hall–Kier alpha value is -2.11. The number of alkyl halides is 3. The lowest BCUT2D eigenvalue weighted by atomic mass is 10.0. The molecular weight excluding hydrogens is 259 g/mol. The van der Waals surface area contributed by atoms with Gasteiger partial charge < -0.3 is 4.52 Å². The minimum atomic E-state index is -4.56. The van der Waals surface area contributed by atoms with Gasteiger partial charge in [0.15, 0.2) is 5.78 Å². The van der Waals surface area contributed by atoms with Gasteiger partial charge in [-0.2, -0.15) is 13.2 Å². The SMILES string of the molecule is CC(=O)c1ccc(-c2noc(C(F)(F)F)c2C)cc1. The lowest BCUT2D eigenvalue weighted by Gasteiger charge is -2.02. The van der Waals surface area contributed by atoms with E-state index in [0.29, 0.717) is 11.1 Å². The first-order valence-corrected chi connectivity index (χ1v) is 5.45. The molecule has 0 aliphatic rings. The molecule has 2 aromatic rings. The molecule has 100 valence electrons. The van der Waals surface area contributed by atoms with Crippen LogP contribution in [0.5, 0.6) is 0 Å². The minimum absolute atomic E-state index is 0.0666. The van der Waals surface area contributed by atoms with Gasteiger partial charge in [-0.3, -0.25) is 4.79 Å². The number of nitrogens with zero attached hydrogens (tertiary/aromatic N) is 1. The first-order valence-electron chi connectivity index (χ1n) is 5.45. The van der Waals surface area contributed by atoms with Gasteiger partial charge in [0.2, 0.25) is 5.76 Å². The van der Waals surface area contributed by atoms with Crippen LogP contribution in [0.3, 0.4) is 0 Å². The third-order valence-corrected chi connectivity index (χ3v) is 2.75. The highest BCUT2D eigenvalue weighted by Crippen LogP contribution is 2.36. The van der Waals surface area contributed by atoms with Crippen molar-refractivity contribution in [3.63, 3.8) is 0 Å². The highest BCUT2D eigenvalue weighted by atomic mass is 19.4. The number of halogens is 3. The van der Waals surface area contributed by atoms with Gasteiger partial charge in [-0.25, -0.2) is 0 Å². The van der Waals surface area contributed by atoms with E-state index in [1.54, 1.807) is 24.3 Å². The zero-order valence-corrected chi connectivity index (χ0v) is 10.2. The second kappa shape index (κ2) is 4.53. The second-order valence-corrected chi connectivity index (χ2v) is 4.12. The van der Waals surface area contributed by atoms with Gasteiger partial charge in [0, 0.05) is 16.7 Å². The third-order valence-electron chi connectivity index (χ3n) is 2.75. The molecule has 0 saturated heterocycles. The maximum absolute atomic E-state index is 12.6. The van der Waals surface area contributed by atoms with Gasteiger partial charge in [0.25, 0.3) is 0 Å². The molecule has 0 bridgehead atoms. The van der Waals surface area contributed by atoms with Crippen LogP contribution in [0.1, 0.15) is 28.6 Å². The maximum Gasteiger partial charge on any atom is 0.452 e. The Kier molecular flexibility index (Phi) is 3.18. The van der Waals surface area contributed by atoms with Crippen LogP contribution in [-0.2, 0) is 6.18 Å². The summed E-state index contributed by atoms with van der Waals surface area (Å²) in [6.45, 7) is 2.71. The molecule has 0 fully saturated rings. The monoisotopic (exact) mass is 269 g/mol. The molecule has 0 atom stereocenters. The van der Waals surface area contributed by atoms with Crippen LogP contribution >= 0.6 is 0 Å². The maximum atomic E-state index is 12.6. The summed E-state index contributed by atoms with van der Waals surface area (Å²) < 4.78 is 42.1. The summed E-state index contributed by atoms with van der Waals surface area (Å²) in [5.74, 6) is -1.21. The van der Waals surface area contributed by atoms with Crippen LogP contribution < -0.4 is 0 Å². The van der Waals surface area contributed by atoms with Crippen LogP contribution in [-0.4, -0.2) is 10.9 Å². The molecule has 0 saturated carbocycles. The van der Waals surface area contributed by atoms with Crippen LogP contribution in [0.2, 0.25) is 0 Å². The predicted molar refractivity (Wildman–Crippen MR) is 61.7 cm³/mol. The van der Waals surface area contributed by atoms with Gasteiger partial charge in [-0.05, 0) is 13.8 Å². The largest absolute Gasteiger partial charge is 0.452 e. The fourth-order valence-corrected chi connectivity index (χ4v) is 1.73. The zero-order valence-electron chi connectivity index (χ0n) is 10.2. The molecule has 1 heterocycles. The van der Waals surface area contributed by atoms with Crippen molar-refractivity contribution in [3.8, 4) is 11.3 Å². The Bertz CT molecular complexity index is 612. The van der Waals surface area contributed by atoms with Gasteiger partial charge in [-0.15, -0.1) is 0 Å². The predicted octanol–water partition coefficient (Wildman–Crippen LogP) is 3.87. The lowest BCUT2D eigenvalue weighted by Crippen LogP contribution is -2.04. The average molecular weight is 269 g/mol. The van der Waals surface area contributed by atoms with Gasteiger partial charge in [0.1, 0.15) is 5.69 Å². The second-order valence-electron chi connectivity index (χ2n) is 4.12. The van der Waals surface area contributed by atoms with E-state index in [4.69, 9.17) is 0 Å². The fraction of sp³-hybridized carbons (Fsp3) is 0.231. The molecule has 0 aliphatic carbocycles. The topological polar surface area (TPSA) is 43.1 Å². The summed E-state index contributed by atoms with van der Waals surface area (Å²) >= 11 is 0. The summed E-state index contributed by atoms with van der Waals surface area (Å²) in [6, 6.07) is 6.17. The molecule has 0 spiro atoms. The van der Waals surface area contributed by atoms with E-state index < -0.39 is 11.9 Å². The highest BCUT2D eigenvalue weighted by Gasteiger charge is 2.39. The molecule has 3 nitrogen and oxygen atoms in total. The number of benzene rings is 1. The number of carbonyl (C=O) groups is 1. The molecule has 0 unspecified atom stereocenters. The van der Waals surface area contributed by atoms with Gasteiger partial charge in [-0.1, -0.05) is 29.4 Å². The van der Waals surface area contributed by atoms with Gasteiger partial charge >= 0.3 is 6.18 Å². The van der Waals surface area contributed by atoms with E-state index in [1.165, 1.54) is 13.8 Å². The molecule has 2 rings (SSSR count). The van der Waals surface area contributed by atoms with Crippen LogP contribution in [0, 0.1) is 6.92 Å². The molecule has 0 aliphatic heterocycles. The van der Waals surface area contributed by atoms with Crippen LogP contribution in [0.4, 0.5) is 13.2 Å². The summed E-state index contributed by atoms with van der Waals surface area (Å²) in [6.07, 6.45) is -4.56. The van der Waals surface area contributed by atoms with E-state index in [-0.39, 0.29) is 17.0 Å². The number of Topliss-reactive ketones (excluding diaryl/α,β-unsaturated/α-hetero) is 1. The summed E-state index contributed by atoms with van der Waals surface area (Å²) in [5, 5.41) is 3.45. The molecule has 0 amide bonds. The fourth-order valence-electron chi connectivity index (χ4n) is 1.73. The van der Waals surface area contributed by atoms with Gasteiger partial charge in [0.05, 0.1) is 0 Å². The molecule has 19 heavy (non-hydrogen) atoms. The van der Waals surface area contributed by atoms with Crippen molar-refractivity contribution in [2.45, 2.75) is 20.0 Å². The Morgan fingerprint density at radius 1 is 1.21 bits per heavy atom. The zero-order chi connectivity index (χ0) is 14.2. The number of aromatic nitrogens is 1. The lowest BCUT2D eigenvalue weighted by molar-refractivity contribution is -0.156. The van der Waals surface area contributed by atoms with Crippen molar-refractivity contribution in [2.75, 3.05) is 0 Å². The standard InChI is InChI=1S/C13H10F3NO2/c1-7-11(17-19-12(7)13(14,15)16)10-5-3-9(4-6-10)8(2)18/h3-6H,1-2H3. The first kappa shape index (κ1) is 13.3. The summed E-state index contributed by atoms with van der Waals surface area (Å²) in [7, 11) is 0. The Labute approximate surface area is 107 Å². The molecule has 1 aromatic heterocycles. The van der Waals surface area contributed by atoms with Crippen molar-refractivity contribution in [2.24, 2.45) is 0 Å². The molecule has 0 radical (unpaired) electrons. The Morgan fingerprint density at radius 3 is 2.21 bits per heavy atom. The van der Waals surface area contributed by atoms with Crippen LogP contribution in [0.15, 0.2) is 28.8 Å². The van der Waals surface area contributed by atoms with E-state index in [9.17, 15) is 18.0 Å². The number of hydrogen-bond donors (Lipinski definition) is 0. The third kappa shape index (κ3) is 2.52. The highest BCUT2D eigenvalue weighted by molar-refractivity contribution is 5.94. The normalized spacial score (nSPS) is 11.6. The number of hydrogen-bond acceptors (Lipinski definition) is 3. The van der Waals surface area contributed by atoms with Crippen molar-refractivity contribution in [1.29, 1.82) is 0 Å². The smallest absolute Gasteiger partial charge is 0.351 e. The average Bonchev–Trinajstić information content (AvgIpc) is 2.71. The minimum Gasteiger partial charge on any atom is -0.351 e. The number of carbonyl (C=O) groups excluding carboxylic acids is 1. The summed E-state index contributed by atoms with van der Waals surface area (Å²) in [5.41, 5.74) is 1.02. The first-order chi connectivity index (χ1) is 8.80. The quantitative estimate of drug-likeness (QED) is 0.777. The van der Waals surface area contributed by atoms with E-state index in [1.807, 2.05) is 0 Å². The number of ketones is 1. The van der Waals surface area contributed by atoms with Crippen molar-refractivity contribution in [3.05, 3.63) is 41.2 Å². The van der Waals surface area contributed by atoms with Crippen molar-refractivity contribution < 1.29 is 22.5 Å². The summed E-state index contributed by atoms with van der Waals surface area (Å²) in [4.78, 5) is 11.1. The van der Waals surface area contributed by atoms with E-state index >= 15 is 0 Å². The number of rotatable bonds is 2. The molecule has 1 aromatic carbocycles. The van der Waals surface area contributed by atoms with E-state index in [2.05, 4.69) is 9.68 Å². The molecule has 0 N–H and O–H groups in total. The van der Waals surface area contributed by atoms with Crippen LogP contribution in [0.25, 0.3) is 11.3 Å². The van der Waals surface area contributed by atoms with Crippen molar-refractivity contribution in [1.82, 2.24) is 5.16 Å².